The molecule has 2 aliphatic rings. The number of carbonyl (C=O) groups is 1. The molecule has 2 atom stereocenters. The maximum absolute atomic E-state index is 13.6. The maximum atomic E-state index is 13.6. The van der Waals surface area contributed by atoms with E-state index in [0.29, 0.717) is 71.3 Å². The van der Waals surface area contributed by atoms with E-state index >= 15 is 0 Å². The molecule has 1 amide bonds. The number of benzene rings is 1. The molecule has 5 rings (SSSR count). The average Bonchev–Trinajstić information content (AvgIpc) is 3.52. The molecule has 2 fully saturated rings. The zero-order chi connectivity index (χ0) is 35.0. The Hall–Kier alpha value is -3.88. The molecule has 1 saturated carbocycles. The van der Waals surface area contributed by atoms with Crippen LogP contribution >= 0.6 is 0 Å². The Morgan fingerprint density at radius 2 is 1.62 bits per heavy atom. The quantitative estimate of drug-likeness (QED) is 0.215. The summed E-state index contributed by atoms with van der Waals surface area (Å²) in [4.78, 5) is 26.2. The fourth-order valence-corrected chi connectivity index (χ4v) is 6.79. The molecule has 0 bridgehead atoms. The first kappa shape index (κ1) is 35.4. The van der Waals surface area contributed by atoms with Gasteiger partial charge in [0.25, 0.3) is 0 Å². The van der Waals surface area contributed by atoms with Crippen molar-refractivity contribution in [3.05, 3.63) is 58.2 Å². The second-order valence-corrected chi connectivity index (χ2v) is 12.7. The number of alkyl halides is 6. The highest BCUT2D eigenvalue weighted by Gasteiger charge is 2.44. The molecular weight excluding hydrogens is 644 g/mol. The zero-order valence-corrected chi connectivity index (χ0v) is 27.2. The van der Waals surface area contributed by atoms with E-state index in [9.17, 15) is 36.2 Å². The van der Waals surface area contributed by atoms with E-state index in [2.05, 4.69) is 10.1 Å². The number of amides is 1. The fourth-order valence-electron chi connectivity index (χ4n) is 6.79. The van der Waals surface area contributed by atoms with Gasteiger partial charge < -0.3 is 19.3 Å². The third kappa shape index (κ3) is 7.55. The highest BCUT2D eigenvalue weighted by molar-refractivity contribution is 5.72. The number of aromatic nitrogens is 3. The summed E-state index contributed by atoms with van der Waals surface area (Å²) in [5, 5.41) is 13.3. The van der Waals surface area contributed by atoms with Gasteiger partial charge in [0.05, 0.1) is 46.9 Å². The van der Waals surface area contributed by atoms with Gasteiger partial charge in [-0.05, 0) is 82.6 Å². The van der Waals surface area contributed by atoms with E-state index in [4.69, 9.17) is 19.2 Å². The lowest BCUT2D eigenvalue weighted by molar-refractivity contribution is -0.143. The summed E-state index contributed by atoms with van der Waals surface area (Å²) in [5.74, 6) is 1.87. The topological polar surface area (TPSA) is 105 Å². The monoisotopic (exact) mass is 683 g/mol. The van der Waals surface area contributed by atoms with E-state index in [1.807, 2.05) is 6.92 Å². The second kappa shape index (κ2) is 13.9. The predicted molar refractivity (Wildman–Crippen MR) is 163 cm³/mol. The van der Waals surface area contributed by atoms with Gasteiger partial charge in [-0.2, -0.15) is 26.3 Å². The van der Waals surface area contributed by atoms with E-state index in [-0.39, 0.29) is 19.2 Å². The number of aryl methyl sites for hydroxylation is 2. The molecule has 1 aromatic carbocycles. The van der Waals surface area contributed by atoms with E-state index in [1.165, 1.54) is 11.8 Å². The Balaban J connectivity index is 1.48. The van der Waals surface area contributed by atoms with Gasteiger partial charge in [0.2, 0.25) is 0 Å². The van der Waals surface area contributed by atoms with Crippen molar-refractivity contribution in [2.45, 2.75) is 90.8 Å². The van der Waals surface area contributed by atoms with Crippen molar-refractivity contribution in [3.8, 4) is 11.3 Å². The van der Waals surface area contributed by atoms with Crippen molar-refractivity contribution in [1.82, 2.24) is 20.0 Å². The molecule has 3 aromatic rings. The van der Waals surface area contributed by atoms with Crippen molar-refractivity contribution >= 4 is 11.9 Å². The lowest BCUT2D eigenvalue weighted by atomic mass is 9.80. The number of ether oxygens (including phenoxy) is 1. The molecule has 1 aliphatic carbocycles. The number of hydrogen-bond donors (Lipinski definition) is 1. The maximum Gasteiger partial charge on any atom is 0.416 e. The molecule has 262 valence electrons. The average molecular weight is 684 g/mol. The predicted octanol–water partition coefficient (Wildman–Crippen LogP) is 7.88. The minimum absolute atomic E-state index is 0.0449. The SMILES string of the molecule is CCN(CC1CCC(CCO)CC1)c1ncc(-c2c(C)noc2C)nc1CN1C(=O)OC(c2cc(C(F)(F)F)cc(C(F)(F)F)c2)[C@@H]1C. The van der Waals surface area contributed by atoms with Crippen LogP contribution in [0.15, 0.2) is 28.9 Å². The van der Waals surface area contributed by atoms with E-state index in [0.717, 1.165) is 32.1 Å². The summed E-state index contributed by atoms with van der Waals surface area (Å²) >= 11 is 0. The standard InChI is InChI=1S/C33H39F6N5O4/c1-5-43(16-22-8-6-21(7-9-22)10-11-45)30-27(41-26(15-40-30)28-18(2)42-48-20(28)4)17-44-19(3)29(47-31(44)46)23-12-24(32(34,35)36)14-25(13-23)33(37,38)39/h12-15,19,21-22,29,45H,5-11,16-17H2,1-4H3/t19-,21?,22?,29?/m0/s1. The summed E-state index contributed by atoms with van der Waals surface area (Å²) in [5.41, 5.74) is -1.37. The van der Waals surface area contributed by atoms with Crippen LogP contribution in [-0.2, 0) is 23.6 Å². The Labute approximate surface area is 274 Å². The Bertz CT molecular complexity index is 1550. The van der Waals surface area contributed by atoms with Gasteiger partial charge in [-0.25, -0.2) is 14.8 Å². The molecule has 1 saturated heterocycles. The van der Waals surface area contributed by atoms with Crippen LogP contribution in [0.4, 0.5) is 37.0 Å². The molecule has 15 heteroatoms. The lowest BCUT2D eigenvalue weighted by Gasteiger charge is -2.33. The smallest absolute Gasteiger partial charge is 0.416 e. The molecule has 9 nitrogen and oxygen atoms in total. The molecule has 3 heterocycles. The lowest BCUT2D eigenvalue weighted by Crippen LogP contribution is -2.36. The number of rotatable bonds is 10. The molecule has 1 unspecified atom stereocenters. The van der Waals surface area contributed by atoms with Gasteiger partial charge in [0.15, 0.2) is 5.82 Å². The highest BCUT2D eigenvalue weighted by atomic mass is 19.4. The number of aliphatic hydroxyl groups is 1. The van der Waals surface area contributed by atoms with Crippen LogP contribution in [0.2, 0.25) is 0 Å². The van der Waals surface area contributed by atoms with Crippen molar-refractivity contribution < 1.29 is 45.5 Å². The van der Waals surface area contributed by atoms with Crippen molar-refractivity contribution in [2.75, 3.05) is 24.6 Å². The van der Waals surface area contributed by atoms with Crippen LogP contribution < -0.4 is 4.90 Å². The van der Waals surface area contributed by atoms with E-state index < -0.39 is 47.3 Å². The zero-order valence-electron chi connectivity index (χ0n) is 27.2. The minimum Gasteiger partial charge on any atom is -0.439 e. The number of hydrogen-bond acceptors (Lipinski definition) is 8. The normalized spacial score (nSPS) is 21.9. The van der Waals surface area contributed by atoms with Gasteiger partial charge in [-0.1, -0.05) is 18.0 Å². The second-order valence-electron chi connectivity index (χ2n) is 12.7. The summed E-state index contributed by atoms with van der Waals surface area (Å²) in [6.07, 6.45) is -6.04. The van der Waals surface area contributed by atoms with Crippen LogP contribution in [0.1, 0.15) is 85.9 Å². The van der Waals surface area contributed by atoms with Crippen LogP contribution in [0.3, 0.4) is 0 Å². The van der Waals surface area contributed by atoms with Gasteiger partial charge in [0.1, 0.15) is 17.6 Å². The molecule has 2 aromatic heterocycles. The van der Waals surface area contributed by atoms with Gasteiger partial charge in [0, 0.05) is 19.7 Å². The van der Waals surface area contributed by atoms with Gasteiger partial charge >= 0.3 is 18.4 Å². The van der Waals surface area contributed by atoms with Crippen LogP contribution in [0, 0.1) is 25.7 Å². The molecule has 1 aliphatic heterocycles. The van der Waals surface area contributed by atoms with Crippen LogP contribution in [-0.4, -0.2) is 57.0 Å². The molecule has 1 N–H and O–H groups in total. The van der Waals surface area contributed by atoms with Crippen molar-refractivity contribution in [2.24, 2.45) is 11.8 Å². The number of anilines is 1. The summed E-state index contributed by atoms with van der Waals surface area (Å²) in [6, 6.07) is 0.273. The first-order valence-electron chi connectivity index (χ1n) is 16.0. The van der Waals surface area contributed by atoms with Gasteiger partial charge in [-0.3, -0.25) is 4.90 Å². The number of carbonyl (C=O) groups excluding carboxylic acids is 1. The van der Waals surface area contributed by atoms with Crippen LogP contribution in [0.5, 0.6) is 0 Å². The summed E-state index contributed by atoms with van der Waals surface area (Å²) in [6.45, 7) is 8.20. The van der Waals surface area contributed by atoms with E-state index in [1.54, 1.807) is 20.0 Å². The number of aliphatic hydroxyl groups excluding tert-OH is 1. The minimum atomic E-state index is -5.05. The Morgan fingerprint density at radius 1 is 1.00 bits per heavy atom. The first-order valence-corrected chi connectivity index (χ1v) is 16.0. The number of nitrogens with zero attached hydrogens (tertiary/aromatic N) is 5. The molecule has 48 heavy (non-hydrogen) atoms. The third-order valence-electron chi connectivity index (χ3n) is 9.43. The highest BCUT2D eigenvalue weighted by Crippen LogP contribution is 2.42. The largest absolute Gasteiger partial charge is 0.439 e. The Morgan fingerprint density at radius 3 is 2.17 bits per heavy atom. The molecule has 0 spiro atoms. The molecular formula is C33H39F6N5O4. The fraction of sp³-hybridized carbons (Fsp3) is 0.576. The Kier molecular flexibility index (Phi) is 10.3. The van der Waals surface area contributed by atoms with Crippen LogP contribution in [0.25, 0.3) is 11.3 Å². The molecule has 0 radical (unpaired) electrons. The number of cyclic esters (lactones) is 1. The number of halogens is 6. The first-order chi connectivity index (χ1) is 22.6. The van der Waals surface area contributed by atoms with Crippen molar-refractivity contribution in [1.29, 1.82) is 0 Å². The summed E-state index contributed by atoms with van der Waals surface area (Å²) in [7, 11) is 0. The van der Waals surface area contributed by atoms with Gasteiger partial charge in [-0.15, -0.1) is 0 Å². The van der Waals surface area contributed by atoms with Crippen molar-refractivity contribution in [3.63, 3.8) is 0 Å². The summed E-state index contributed by atoms with van der Waals surface area (Å²) < 4.78 is 92.5. The third-order valence-corrected chi connectivity index (χ3v) is 9.43.